The first-order valence-electron chi connectivity index (χ1n) is 8.51. The fraction of sp³-hybridized carbons (Fsp3) is 0.238. The van der Waals surface area contributed by atoms with Crippen LogP contribution in [0.4, 0.5) is 0 Å². The van der Waals surface area contributed by atoms with Crippen LogP contribution in [0.3, 0.4) is 0 Å². The van der Waals surface area contributed by atoms with Gasteiger partial charge in [0.05, 0.1) is 10.7 Å². The molecule has 0 saturated heterocycles. The van der Waals surface area contributed by atoms with Crippen LogP contribution in [-0.4, -0.2) is 15.6 Å². The number of aromatic nitrogens is 2. The summed E-state index contributed by atoms with van der Waals surface area (Å²) in [6.45, 7) is 5.78. The number of carbonyl (C=O) groups excluding carboxylic acids is 1. The van der Waals surface area contributed by atoms with Crippen LogP contribution in [0, 0.1) is 20.8 Å². The second-order valence-corrected chi connectivity index (χ2v) is 7.24. The molecule has 0 amide bonds. The summed E-state index contributed by atoms with van der Waals surface area (Å²) in [5, 5.41) is 5.29. The number of rotatable bonds is 5. The molecule has 3 rings (SSSR count). The number of carbonyl (C=O) groups is 1. The Kier molecular flexibility index (Phi) is 5.59. The number of halogens is 2. The summed E-state index contributed by atoms with van der Waals surface area (Å²) in [5.41, 5.74) is 3.90. The van der Waals surface area contributed by atoms with Gasteiger partial charge >= 0.3 is 0 Å². The van der Waals surface area contributed by atoms with Crippen molar-refractivity contribution in [1.29, 1.82) is 0 Å². The third-order valence-corrected chi connectivity index (χ3v) is 5.53. The Morgan fingerprint density at radius 3 is 2.44 bits per heavy atom. The molecule has 0 fully saturated rings. The monoisotopic (exact) mass is 402 g/mol. The maximum atomic E-state index is 13.3. The van der Waals surface area contributed by atoms with Crippen molar-refractivity contribution in [2.75, 3.05) is 0 Å². The smallest absolute Gasteiger partial charge is 0.223 e. The molecule has 1 heterocycles. The van der Waals surface area contributed by atoms with Crippen molar-refractivity contribution in [3.05, 3.63) is 80.0 Å². The fourth-order valence-electron chi connectivity index (χ4n) is 3.03. The van der Waals surface area contributed by atoms with Crippen molar-refractivity contribution in [1.82, 2.24) is 9.78 Å². The van der Waals surface area contributed by atoms with Crippen LogP contribution >= 0.6 is 23.2 Å². The Hall–Kier alpha value is -2.30. The van der Waals surface area contributed by atoms with Gasteiger partial charge in [0.2, 0.25) is 11.7 Å². The van der Waals surface area contributed by atoms with E-state index in [-0.39, 0.29) is 5.78 Å². The van der Waals surface area contributed by atoms with Crippen molar-refractivity contribution in [2.45, 2.75) is 27.4 Å². The van der Waals surface area contributed by atoms with Crippen LogP contribution in [0.25, 0.3) is 0 Å². The standard InChI is InChI=1S/C21H20Cl2N2O2/c1-12-10-16(19(23)13(2)18(12)22)20(26)17-14(3)24-25(4)21(17)27-11-15-8-6-5-7-9-15/h5-10H,11H2,1-4H3. The number of nitrogens with zero attached hydrogens (tertiary/aromatic N) is 2. The molecule has 0 spiro atoms. The largest absolute Gasteiger partial charge is 0.472 e. The SMILES string of the molecule is Cc1cc(C(=O)c2c(C)nn(C)c2OCc2ccccc2)c(Cl)c(C)c1Cl. The zero-order valence-electron chi connectivity index (χ0n) is 15.6. The molecule has 140 valence electrons. The number of hydrogen-bond acceptors (Lipinski definition) is 3. The molecule has 0 saturated carbocycles. The third-order valence-electron chi connectivity index (χ3n) is 4.46. The highest BCUT2D eigenvalue weighted by molar-refractivity contribution is 6.39. The van der Waals surface area contributed by atoms with Crippen LogP contribution in [-0.2, 0) is 13.7 Å². The lowest BCUT2D eigenvalue weighted by Gasteiger charge is -2.12. The van der Waals surface area contributed by atoms with E-state index in [9.17, 15) is 4.79 Å². The Morgan fingerprint density at radius 2 is 1.78 bits per heavy atom. The van der Waals surface area contributed by atoms with Gasteiger partial charge in [-0.1, -0.05) is 53.5 Å². The average molecular weight is 403 g/mol. The van der Waals surface area contributed by atoms with Crippen LogP contribution in [0.5, 0.6) is 5.88 Å². The van der Waals surface area contributed by atoms with Gasteiger partial charge in [-0.25, -0.2) is 4.68 Å². The van der Waals surface area contributed by atoms with E-state index in [4.69, 9.17) is 27.9 Å². The topological polar surface area (TPSA) is 44.1 Å². The Morgan fingerprint density at radius 1 is 1.11 bits per heavy atom. The molecule has 0 aliphatic heterocycles. The molecule has 0 N–H and O–H groups in total. The average Bonchev–Trinajstić information content (AvgIpc) is 2.94. The molecule has 27 heavy (non-hydrogen) atoms. The number of aryl methyl sites for hydroxylation is 3. The van der Waals surface area contributed by atoms with Gasteiger partial charge in [-0.3, -0.25) is 4.79 Å². The second-order valence-electron chi connectivity index (χ2n) is 6.49. The van der Waals surface area contributed by atoms with Crippen LogP contribution < -0.4 is 4.74 Å². The first kappa shape index (κ1) is 19.5. The summed E-state index contributed by atoms with van der Waals surface area (Å²) >= 11 is 12.7. The summed E-state index contributed by atoms with van der Waals surface area (Å²) in [7, 11) is 1.75. The Labute approximate surface area is 168 Å². The number of benzene rings is 2. The molecule has 4 nitrogen and oxygen atoms in total. The van der Waals surface area contributed by atoms with Gasteiger partial charge in [-0.05, 0) is 43.5 Å². The van der Waals surface area contributed by atoms with Crippen molar-refractivity contribution < 1.29 is 9.53 Å². The van der Waals surface area contributed by atoms with E-state index in [0.717, 1.165) is 11.1 Å². The number of hydrogen-bond donors (Lipinski definition) is 0. The molecule has 0 bridgehead atoms. The van der Waals surface area contributed by atoms with Crippen LogP contribution in [0.15, 0.2) is 36.4 Å². The quantitative estimate of drug-likeness (QED) is 0.532. The number of ether oxygens (including phenoxy) is 1. The zero-order chi connectivity index (χ0) is 19.7. The molecule has 6 heteroatoms. The molecular weight excluding hydrogens is 383 g/mol. The Bertz CT molecular complexity index is 1010. The van der Waals surface area contributed by atoms with Gasteiger partial charge in [-0.2, -0.15) is 5.10 Å². The predicted molar refractivity (Wildman–Crippen MR) is 108 cm³/mol. The highest BCUT2D eigenvalue weighted by Gasteiger charge is 2.26. The minimum Gasteiger partial charge on any atom is -0.472 e. The second kappa shape index (κ2) is 7.75. The van der Waals surface area contributed by atoms with Crippen LogP contribution in [0.1, 0.15) is 38.3 Å². The van der Waals surface area contributed by atoms with Crippen molar-refractivity contribution >= 4 is 29.0 Å². The van der Waals surface area contributed by atoms with Crippen molar-refractivity contribution in [2.24, 2.45) is 7.05 Å². The maximum absolute atomic E-state index is 13.3. The van der Waals surface area contributed by atoms with Gasteiger partial charge in [0.1, 0.15) is 12.2 Å². The van der Waals surface area contributed by atoms with E-state index in [1.807, 2.05) is 37.3 Å². The van der Waals surface area contributed by atoms with Gasteiger partial charge in [0, 0.05) is 17.6 Å². The summed E-state index contributed by atoms with van der Waals surface area (Å²) in [5.74, 6) is 0.194. The molecule has 0 aliphatic carbocycles. The molecule has 3 aromatic rings. The molecule has 1 aromatic heterocycles. The van der Waals surface area contributed by atoms with Gasteiger partial charge in [-0.15, -0.1) is 0 Å². The molecule has 2 aromatic carbocycles. The predicted octanol–water partition coefficient (Wildman–Crippen LogP) is 5.46. The van der Waals surface area contributed by atoms with E-state index in [0.29, 0.717) is 44.9 Å². The fourth-order valence-corrected chi connectivity index (χ4v) is 3.46. The van der Waals surface area contributed by atoms with E-state index in [1.165, 1.54) is 0 Å². The molecule has 0 atom stereocenters. The first-order valence-corrected chi connectivity index (χ1v) is 9.27. The minimum absolute atomic E-state index is 0.225. The molecular formula is C21H20Cl2N2O2. The highest BCUT2D eigenvalue weighted by atomic mass is 35.5. The van der Waals surface area contributed by atoms with E-state index < -0.39 is 0 Å². The van der Waals surface area contributed by atoms with Gasteiger partial charge in [0.25, 0.3) is 0 Å². The van der Waals surface area contributed by atoms with E-state index in [2.05, 4.69) is 5.10 Å². The summed E-state index contributed by atoms with van der Waals surface area (Å²) in [6.07, 6.45) is 0. The maximum Gasteiger partial charge on any atom is 0.223 e. The molecule has 0 unspecified atom stereocenters. The zero-order valence-corrected chi connectivity index (χ0v) is 17.1. The lowest BCUT2D eigenvalue weighted by molar-refractivity contribution is 0.103. The van der Waals surface area contributed by atoms with Crippen LogP contribution in [0.2, 0.25) is 10.0 Å². The lowest BCUT2D eigenvalue weighted by atomic mass is 9.99. The molecule has 0 aliphatic rings. The van der Waals surface area contributed by atoms with Crippen molar-refractivity contribution in [3.8, 4) is 5.88 Å². The normalized spacial score (nSPS) is 10.9. The summed E-state index contributed by atoms with van der Waals surface area (Å²) in [6, 6.07) is 11.5. The molecule has 0 radical (unpaired) electrons. The van der Waals surface area contributed by atoms with Gasteiger partial charge in [0.15, 0.2) is 0 Å². The summed E-state index contributed by atoms with van der Waals surface area (Å²) in [4.78, 5) is 13.3. The van der Waals surface area contributed by atoms with E-state index >= 15 is 0 Å². The van der Waals surface area contributed by atoms with Gasteiger partial charge < -0.3 is 4.74 Å². The third kappa shape index (κ3) is 3.73. The summed E-state index contributed by atoms with van der Waals surface area (Å²) < 4.78 is 7.53. The minimum atomic E-state index is -0.225. The lowest BCUT2D eigenvalue weighted by Crippen LogP contribution is -2.09. The number of ketones is 1. The van der Waals surface area contributed by atoms with Crippen molar-refractivity contribution in [3.63, 3.8) is 0 Å². The highest BCUT2D eigenvalue weighted by Crippen LogP contribution is 2.34. The Balaban J connectivity index is 2.01. The van der Waals surface area contributed by atoms with E-state index in [1.54, 1.807) is 31.6 Å². The first-order chi connectivity index (χ1) is 12.8.